The van der Waals surface area contributed by atoms with Crippen LogP contribution in [0.1, 0.15) is 28.5 Å². The Kier molecular flexibility index (Phi) is 4.53. The van der Waals surface area contributed by atoms with Crippen LogP contribution in [-0.2, 0) is 11.3 Å². The minimum absolute atomic E-state index is 0.0550. The van der Waals surface area contributed by atoms with E-state index in [1.807, 2.05) is 0 Å². The Balaban J connectivity index is 3.73. The number of hydrogen-bond donors (Lipinski definition) is 0. The van der Waals surface area contributed by atoms with Gasteiger partial charge in [-0.05, 0) is 6.92 Å². The second-order valence-corrected chi connectivity index (χ2v) is 3.38. The molecule has 0 aliphatic carbocycles. The van der Waals surface area contributed by atoms with E-state index in [0.29, 0.717) is 12.1 Å². The van der Waals surface area contributed by atoms with Crippen molar-refractivity contribution < 1.29 is 9.53 Å². The van der Waals surface area contributed by atoms with E-state index in [-0.39, 0.29) is 16.8 Å². The minimum atomic E-state index is -0.616. The number of aliphatic imine (C=N–C) groups is 1. The first-order chi connectivity index (χ1) is 8.60. The van der Waals surface area contributed by atoms with Crippen LogP contribution in [0.25, 0.3) is 6.08 Å². The number of rotatable bonds is 4. The summed E-state index contributed by atoms with van der Waals surface area (Å²) in [7, 11) is 2.80. The van der Waals surface area contributed by atoms with Crippen LogP contribution in [0.5, 0.6) is 0 Å². The molecule has 0 aromatic carbocycles. The molecule has 1 rings (SSSR count). The molecule has 6 heteroatoms. The first-order valence-electron chi connectivity index (χ1n) is 5.38. The van der Waals surface area contributed by atoms with Crippen molar-refractivity contribution in [1.29, 1.82) is 0 Å². The Morgan fingerprint density at radius 3 is 2.67 bits per heavy atom. The summed E-state index contributed by atoms with van der Waals surface area (Å²) in [6, 6.07) is 0. The van der Waals surface area contributed by atoms with E-state index >= 15 is 0 Å². The maximum atomic E-state index is 12.0. The van der Waals surface area contributed by atoms with Gasteiger partial charge in [-0.15, -0.1) is 0 Å². The van der Waals surface area contributed by atoms with Gasteiger partial charge in [-0.3, -0.25) is 9.79 Å². The zero-order valence-electron chi connectivity index (χ0n) is 10.6. The summed E-state index contributed by atoms with van der Waals surface area (Å²) in [5.74, 6) is -0.616. The summed E-state index contributed by atoms with van der Waals surface area (Å²) in [5, 5.41) is 3.98. The standard InChI is InChI=1S/C12H15N3O3/c1-5-8-9(7-13-3)10(12(17)18-4)14-15(6-2)11(8)16/h5,7H,1,6H2,2-4H3. The van der Waals surface area contributed by atoms with Crippen molar-refractivity contribution in [3.05, 3.63) is 33.8 Å². The van der Waals surface area contributed by atoms with Gasteiger partial charge in [-0.25, -0.2) is 9.48 Å². The number of carbonyl (C=O) groups excluding carboxylic acids is 1. The van der Waals surface area contributed by atoms with E-state index in [1.54, 1.807) is 14.0 Å². The smallest absolute Gasteiger partial charge is 0.359 e. The highest BCUT2D eigenvalue weighted by Gasteiger charge is 2.19. The van der Waals surface area contributed by atoms with Crippen molar-refractivity contribution in [2.75, 3.05) is 14.2 Å². The molecule has 6 nitrogen and oxygen atoms in total. The third-order valence-electron chi connectivity index (χ3n) is 2.37. The number of esters is 1. The molecule has 0 aliphatic rings. The molecule has 0 unspecified atom stereocenters. The van der Waals surface area contributed by atoms with Crippen molar-refractivity contribution in [3.63, 3.8) is 0 Å². The van der Waals surface area contributed by atoms with Gasteiger partial charge in [-0.2, -0.15) is 5.10 Å². The molecule has 1 aromatic rings. The third-order valence-corrected chi connectivity index (χ3v) is 2.37. The van der Waals surface area contributed by atoms with Crippen molar-refractivity contribution in [1.82, 2.24) is 9.78 Å². The molecule has 0 amide bonds. The molecule has 0 spiro atoms. The summed E-state index contributed by atoms with van der Waals surface area (Å²) in [4.78, 5) is 27.5. The van der Waals surface area contributed by atoms with Gasteiger partial charge in [0.1, 0.15) is 0 Å². The molecule has 18 heavy (non-hydrogen) atoms. The normalized spacial score (nSPS) is 10.6. The lowest BCUT2D eigenvalue weighted by atomic mass is 10.1. The lowest BCUT2D eigenvalue weighted by Gasteiger charge is -2.09. The molecule has 0 saturated carbocycles. The average Bonchev–Trinajstić information content (AvgIpc) is 2.39. The fourth-order valence-electron chi connectivity index (χ4n) is 1.52. The molecule has 0 fully saturated rings. The van der Waals surface area contributed by atoms with Crippen molar-refractivity contribution in [2.24, 2.45) is 4.99 Å². The number of hydrogen-bond acceptors (Lipinski definition) is 5. The number of carbonyl (C=O) groups is 1. The Hall–Kier alpha value is -2.24. The quantitative estimate of drug-likeness (QED) is 0.582. The van der Waals surface area contributed by atoms with Crippen LogP contribution in [0.4, 0.5) is 0 Å². The van der Waals surface area contributed by atoms with E-state index < -0.39 is 5.97 Å². The van der Waals surface area contributed by atoms with Gasteiger partial charge in [0.05, 0.1) is 12.7 Å². The summed E-state index contributed by atoms with van der Waals surface area (Å²) in [6.45, 7) is 5.70. The Morgan fingerprint density at radius 2 is 2.22 bits per heavy atom. The molecule has 0 bridgehead atoms. The highest BCUT2D eigenvalue weighted by Crippen LogP contribution is 2.09. The van der Waals surface area contributed by atoms with E-state index in [1.165, 1.54) is 24.1 Å². The first-order valence-corrected chi connectivity index (χ1v) is 5.38. The predicted molar refractivity (Wildman–Crippen MR) is 69.1 cm³/mol. The van der Waals surface area contributed by atoms with Gasteiger partial charge in [0.2, 0.25) is 0 Å². The fourth-order valence-corrected chi connectivity index (χ4v) is 1.52. The number of nitrogens with zero attached hydrogens (tertiary/aromatic N) is 3. The number of aryl methyl sites for hydroxylation is 1. The predicted octanol–water partition coefficient (Wildman–Crippen LogP) is 0.742. The van der Waals surface area contributed by atoms with E-state index in [2.05, 4.69) is 21.4 Å². The molecule has 0 atom stereocenters. The third kappa shape index (κ3) is 2.37. The van der Waals surface area contributed by atoms with Crippen molar-refractivity contribution in [3.8, 4) is 0 Å². The van der Waals surface area contributed by atoms with Crippen LogP contribution in [0.2, 0.25) is 0 Å². The molecule has 0 radical (unpaired) electrons. The Morgan fingerprint density at radius 1 is 1.56 bits per heavy atom. The minimum Gasteiger partial charge on any atom is -0.464 e. The second kappa shape index (κ2) is 5.90. The highest BCUT2D eigenvalue weighted by molar-refractivity contribution is 5.99. The Bertz CT molecular complexity index is 558. The lowest BCUT2D eigenvalue weighted by molar-refractivity contribution is 0.0590. The van der Waals surface area contributed by atoms with Crippen LogP contribution < -0.4 is 5.56 Å². The van der Waals surface area contributed by atoms with Crippen LogP contribution in [0, 0.1) is 0 Å². The molecular formula is C12H15N3O3. The van der Waals surface area contributed by atoms with E-state index in [9.17, 15) is 9.59 Å². The van der Waals surface area contributed by atoms with Gasteiger partial charge >= 0.3 is 5.97 Å². The zero-order chi connectivity index (χ0) is 13.7. The summed E-state index contributed by atoms with van der Waals surface area (Å²) < 4.78 is 5.84. The molecular weight excluding hydrogens is 234 g/mol. The monoisotopic (exact) mass is 249 g/mol. The second-order valence-electron chi connectivity index (χ2n) is 3.38. The topological polar surface area (TPSA) is 73.5 Å². The summed E-state index contributed by atoms with van der Waals surface area (Å²) >= 11 is 0. The summed E-state index contributed by atoms with van der Waals surface area (Å²) in [6.07, 6.45) is 2.79. The summed E-state index contributed by atoms with van der Waals surface area (Å²) in [5.41, 5.74) is 0.362. The SMILES string of the molecule is C=Cc1c(C=NC)c(C(=O)OC)nn(CC)c1=O. The first kappa shape index (κ1) is 13.8. The molecule has 0 saturated heterocycles. The van der Waals surface area contributed by atoms with Crippen LogP contribution >= 0.6 is 0 Å². The van der Waals surface area contributed by atoms with Crippen LogP contribution in [0.3, 0.4) is 0 Å². The van der Waals surface area contributed by atoms with Gasteiger partial charge in [-0.1, -0.05) is 12.7 Å². The van der Waals surface area contributed by atoms with E-state index in [0.717, 1.165) is 0 Å². The molecule has 1 heterocycles. The maximum absolute atomic E-state index is 12.0. The largest absolute Gasteiger partial charge is 0.464 e. The van der Waals surface area contributed by atoms with Crippen molar-refractivity contribution in [2.45, 2.75) is 13.5 Å². The highest BCUT2D eigenvalue weighted by atomic mass is 16.5. The lowest BCUT2D eigenvalue weighted by Crippen LogP contribution is -2.29. The van der Waals surface area contributed by atoms with Gasteiger partial charge in [0.25, 0.3) is 5.56 Å². The van der Waals surface area contributed by atoms with E-state index in [4.69, 9.17) is 0 Å². The van der Waals surface area contributed by atoms with Crippen LogP contribution in [-0.4, -0.2) is 36.1 Å². The maximum Gasteiger partial charge on any atom is 0.359 e. The fraction of sp³-hybridized carbons (Fsp3) is 0.333. The average molecular weight is 249 g/mol. The molecule has 0 aliphatic heterocycles. The molecule has 1 aromatic heterocycles. The van der Waals surface area contributed by atoms with Gasteiger partial charge in [0, 0.05) is 25.4 Å². The molecule has 96 valence electrons. The number of aromatic nitrogens is 2. The zero-order valence-corrected chi connectivity index (χ0v) is 10.6. The van der Waals surface area contributed by atoms with Crippen LogP contribution in [0.15, 0.2) is 16.4 Å². The van der Waals surface area contributed by atoms with Gasteiger partial charge < -0.3 is 4.74 Å². The Labute approximate surface area is 105 Å². The number of methoxy groups -OCH3 is 1. The molecule has 0 N–H and O–H groups in total. The number of ether oxygens (including phenoxy) is 1. The van der Waals surface area contributed by atoms with Gasteiger partial charge in [0.15, 0.2) is 5.69 Å². The van der Waals surface area contributed by atoms with Crippen molar-refractivity contribution >= 4 is 18.3 Å².